The second-order valence-corrected chi connectivity index (χ2v) is 3.99. The van der Waals surface area contributed by atoms with Crippen LogP contribution in [-0.4, -0.2) is 19.1 Å². The van der Waals surface area contributed by atoms with E-state index in [1.54, 1.807) is 27.2 Å². The third-order valence-corrected chi connectivity index (χ3v) is 2.81. The van der Waals surface area contributed by atoms with Gasteiger partial charge in [-0.2, -0.15) is 0 Å². The summed E-state index contributed by atoms with van der Waals surface area (Å²) in [5, 5.41) is 10.7. The Bertz CT molecular complexity index is 480. The zero-order valence-electron chi connectivity index (χ0n) is 11.0. The molecule has 0 aliphatic heterocycles. The summed E-state index contributed by atoms with van der Waals surface area (Å²) in [5.41, 5.74) is 1.86. The summed E-state index contributed by atoms with van der Waals surface area (Å²) in [4.78, 5) is 10.3. The molecule has 0 saturated carbocycles. The van der Waals surface area contributed by atoms with Crippen LogP contribution in [0.25, 0.3) is 0 Å². The number of ether oxygens (including phenoxy) is 2. The van der Waals surface area contributed by atoms with Crippen molar-refractivity contribution in [3.63, 3.8) is 0 Å². The summed E-state index contributed by atoms with van der Waals surface area (Å²) in [5.74, 6) is 1.27. The topological polar surface area (TPSA) is 61.6 Å². The molecule has 0 unspecified atom stereocenters. The van der Waals surface area contributed by atoms with Gasteiger partial charge in [-0.1, -0.05) is 6.07 Å². The molecule has 5 heteroatoms. The van der Waals surface area contributed by atoms with E-state index >= 15 is 0 Å². The predicted molar refractivity (Wildman–Crippen MR) is 68.6 cm³/mol. The molecule has 0 heterocycles. The van der Waals surface area contributed by atoms with Gasteiger partial charge in [0.25, 0.3) is 0 Å². The zero-order chi connectivity index (χ0) is 13.7. The highest BCUT2D eigenvalue weighted by atomic mass is 16.6. The second-order valence-electron chi connectivity index (χ2n) is 3.99. The van der Waals surface area contributed by atoms with Crippen molar-refractivity contribution in [1.82, 2.24) is 0 Å². The molecular formula is C13H17NO4. The second kappa shape index (κ2) is 6.05. The van der Waals surface area contributed by atoms with Crippen LogP contribution in [0, 0.1) is 10.1 Å². The molecule has 1 aromatic rings. The van der Waals surface area contributed by atoms with E-state index in [1.807, 2.05) is 12.1 Å². The number of rotatable bonds is 5. The molecule has 0 spiro atoms. The Kier molecular flexibility index (Phi) is 4.71. The molecule has 18 heavy (non-hydrogen) atoms. The Balaban J connectivity index is 2.99. The third-order valence-electron chi connectivity index (χ3n) is 2.81. The first-order valence-electron chi connectivity index (χ1n) is 5.51. The number of benzene rings is 1. The van der Waals surface area contributed by atoms with Gasteiger partial charge in [-0.25, -0.2) is 0 Å². The van der Waals surface area contributed by atoms with Crippen molar-refractivity contribution < 1.29 is 14.4 Å². The van der Waals surface area contributed by atoms with Crippen molar-refractivity contribution in [2.75, 3.05) is 14.2 Å². The maximum absolute atomic E-state index is 10.7. The molecule has 0 amide bonds. The van der Waals surface area contributed by atoms with E-state index in [2.05, 4.69) is 0 Å². The highest BCUT2D eigenvalue weighted by molar-refractivity contribution is 5.43. The van der Waals surface area contributed by atoms with Crippen LogP contribution in [0.1, 0.15) is 19.4 Å². The van der Waals surface area contributed by atoms with Crippen LogP contribution in [0.15, 0.2) is 29.5 Å². The molecule has 0 bridgehead atoms. The van der Waals surface area contributed by atoms with Gasteiger partial charge in [0.2, 0.25) is 5.70 Å². The minimum Gasteiger partial charge on any atom is -0.493 e. The minimum absolute atomic E-state index is 0.185. The number of methoxy groups -OCH3 is 2. The molecule has 0 aromatic heterocycles. The van der Waals surface area contributed by atoms with Crippen molar-refractivity contribution in [2.24, 2.45) is 0 Å². The van der Waals surface area contributed by atoms with Crippen LogP contribution in [0.4, 0.5) is 0 Å². The summed E-state index contributed by atoms with van der Waals surface area (Å²) in [6, 6.07) is 5.50. The standard InChI is InChI=1S/C13H17NO4/c1-9(10(2)14(15)16)7-11-5-6-12(17-3)13(8-11)18-4/h5-6,8H,7H2,1-4H3. The van der Waals surface area contributed by atoms with Gasteiger partial charge in [0, 0.05) is 12.5 Å². The maximum atomic E-state index is 10.7. The van der Waals surface area contributed by atoms with Gasteiger partial charge in [-0.05, 0) is 31.0 Å². The van der Waals surface area contributed by atoms with Gasteiger partial charge in [-0.15, -0.1) is 0 Å². The van der Waals surface area contributed by atoms with Gasteiger partial charge < -0.3 is 9.47 Å². The first kappa shape index (κ1) is 14.0. The fourth-order valence-electron chi connectivity index (χ4n) is 1.58. The van der Waals surface area contributed by atoms with E-state index in [1.165, 1.54) is 6.92 Å². The SMILES string of the molecule is COc1ccc(CC(C)=C(C)[N+](=O)[O-])cc1OC. The first-order valence-corrected chi connectivity index (χ1v) is 5.51. The Morgan fingerprint density at radius 3 is 2.33 bits per heavy atom. The van der Waals surface area contributed by atoms with Crippen LogP contribution < -0.4 is 9.47 Å². The van der Waals surface area contributed by atoms with Crippen molar-refractivity contribution in [3.05, 3.63) is 45.1 Å². The molecule has 0 aliphatic carbocycles. The van der Waals surface area contributed by atoms with E-state index < -0.39 is 0 Å². The molecule has 0 radical (unpaired) electrons. The van der Waals surface area contributed by atoms with Crippen LogP contribution in [0.3, 0.4) is 0 Å². The summed E-state index contributed by atoms with van der Waals surface area (Å²) < 4.78 is 10.3. The van der Waals surface area contributed by atoms with Gasteiger partial charge in [0.05, 0.1) is 19.1 Å². The van der Waals surface area contributed by atoms with Crippen LogP contribution >= 0.6 is 0 Å². The quantitative estimate of drug-likeness (QED) is 0.596. The number of nitrogens with zero attached hydrogens (tertiary/aromatic N) is 1. The van der Waals surface area contributed by atoms with E-state index in [0.29, 0.717) is 17.9 Å². The summed E-state index contributed by atoms with van der Waals surface area (Å²) in [7, 11) is 3.13. The minimum atomic E-state index is -0.365. The van der Waals surface area contributed by atoms with Crippen molar-refractivity contribution in [2.45, 2.75) is 20.3 Å². The average Bonchev–Trinajstić information content (AvgIpc) is 2.37. The largest absolute Gasteiger partial charge is 0.493 e. The lowest BCUT2D eigenvalue weighted by Gasteiger charge is -2.09. The summed E-state index contributed by atoms with van der Waals surface area (Å²) in [6.45, 7) is 3.27. The zero-order valence-corrected chi connectivity index (χ0v) is 11.0. The molecule has 0 fully saturated rings. The number of nitro groups is 1. The fourth-order valence-corrected chi connectivity index (χ4v) is 1.58. The number of hydrogen-bond acceptors (Lipinski definition) is 4. The van der Waals surface area contributed by atoms with Gasteiger partial charge >= 0.3 is 0 Å². The lowest BCUT2D eigenvalue weighted by atomic mass is 10.0. The lowest BCUT2D eigenvalue weighted by molar-refractivity contribution is -0.425. The molecule has 5 nitrogen and oxygen atoms in total. The van der Waals surface area contributed by atoms with Crippen molar-refractivity contribution >= 4 is 0 Å². The molecule has 0 N–H and O–H groups in total. The number of allylic oxidation sites excluding steroid dienone is 2. The Hall–Kier alpha value is -2.04. The Labute approximate surface area is 106 Å². The first-order chi connectivity index (χ1) is 8.49. The molecule has 1 aromatic carbocycles. The molecule has 0 saturated heterocycles. The molecule has 0 atom stereocenters. The van der Waals surface area contributed by atoms with Gasteiger partial charge in [0.15, 0.2) is 11.5 Å². The normalized spacial score (nSPS) is 11.8. The van der Waals surface area contributed by atoms with Crippen molar-refractivity contribution in [1.29, 1.82) is 0 Å². The maximum Gasteiger partial charge on any atom is 0.242 e. The van der Waals surface area contributed by atoms with E-state index in [9.17, 15) is 10.1 Å². The highest BCUT2D eigenvalue weighted by Gasteiger charge is 2.10. The smallest absolute Gasteiger partial charge is 0.242 e. The monoisotopic (exact) mass is 251 g/mol. The van der Waals surface area contributed by atoms with Crippen LogP contribution in [0.5, 0.6) is 11.5 Å². The summed E-state index contributed by atoms with van der Waals surface area (Å²) >= 11 is 0. The van der Waals surface area contributed by atoms with Gasteiger partial charge in [0.1, 0.15) is 0 Å². The molecular weight excluding hydrogens is 234 g/mol. The third kappa shape index (κ3) is 3.23. The molecule has 0 aliphatic rings. The fraction of sp³-hybridized carbons (Fsp3) is 0.385. The van der Waals surface area contributed by atoms with E-state index in [-0.39, 0.29) is 10.6 Å². The number of hydrogen-bond donors (Lipinski definition) is 0. The Morgan fingerprint density at radius 1 is 1.22 bits per heavy atom. The van der Waals surface area contributed by atoms with Gasteiger partial charge in [-0.3, -0.25) is 10.1 Å². The van der Waals surface area contributed by atoms with Crippen LogP contribution in [-0.2, 0) is 6.42 Å². The predicted octanol–water partition coefficient (Wildman–Crippen LogP) is 2.82. The van der Waals surface area contributed by atoms with E-state index in [4.69, 9.17) is 9.47 Å². The Morgan fingerprint density at radius 2 is 1.83 bits per heavy atom. The lowest BCUT2D eigenvalue weighted by Crippen LogP contribution is -2.00. The van der Waals surface area contributed by atoms with Crippen molar-refractivity contribution in [3.8, 4) is 11.5 Å². The summed E-state index contributed by atoms with van der Waals surface area (Å²) in [6.07, 6.45) is 0.521. The van der Waals surface area contributed by atoms with E-state index in [0.717, 1.165) is 11.1 Å². The highest BCUT2D eigenvalue weighted by Crippen LogP contribution is 2.28. The molecule has 98 valence electrons. The molecule has 1 rings (SSSR count). The average molecular weight is 251 g/mol. The van der Waals surface area contributed by atoms with Crippen LogP contribution in [0.2, 0.25) is 0 Å².